The van der Waals surface area contributed by atoms with Crippen molar-refractivity contribution in [1.29, 1.82) is 0 Å². The number of nitrogens with two attached hydrogens (primary N) is 1. The van der Waals surface area contributed by atoms with Gasteiger partial charge in [0.25, 0.3) is 17.8 Å². The van der Waals surface area contributed by atoms with Crippen LogP contribution in [0.3, 0.4) is 0 Å². The number of para-hydroxylation sites is 1. The van der Waals surface area contributed by atoms with E-state index in [-0.39, 0.29) is 5.91 Å². The highest BCUT2D eigenvalue weighted by Crippen LogP contribution is 2.33. The Labute approximate surface area is 258 Å². The van der Waals surface area contributed by atoms with Crippen molar-refractivity contribution in [3.63, 3.8) is 0 Å². The number of rotatable bonds is 5. The van der Waals surface area contributed by atoms with Gasteiger partial charge in [-0.15, -0.1) is 0 Å². The van der Waals surface area contributed by atoms with Crippen molar-refractivity contribution < 1.29 is 29.3 Å². The maximum absolute atomic E-state index is 13.2. The van der Waals surface area contributed by atoms with Crippen LogP contribution in [0.4, 0.5) is 11.5 Å². The Morgan fingerprint density at radius 1 is 1.04 bits per heavy atom. The minimum Gasteiger partial charge on any atom is -0.494 e. The summed E-state index contributed by atoms with van der Waals surface area (Å²) in [5, 5.41) is 27.0. The summed E-state index contributed by atoms with van der Waals surface area (Å²) in [6.45, 7) is 3.82. The van der Waals surface area contributed by atoms with E-state index < -0.39 is 11.9 Å². The van der Waals surface area contributed by atoms with E-state index in [1.54, 1.807) is 17.9 Å². The van der Waals surface area contributed by atoms with E-state index in [1.807, 2.05) is 54.1 Å². The first-order valence-electron chi connectivity index (χ1n) is 13.8. The van der Waals surface area contributed by atoms with E-state index in [2.05, 4.69) is 26.7 Å². The third-order valence-electron chi connectivity index (χ3n) is 6.72. The van der Waals surface area contributed by atoms with Gasteiger partial charge in [-0.3, -0.25) is 14.4 Å². The number of carbonyl (C=O) groups excluding carboxylic acids is 1. The number of ether oxygens (including phenoxy) is 1. The second kappa shape index (κ2) is 14.1. The van der Waals surface area contributed by atoms with Gasteiger partial charge in [-0.05, 0) is 42.8 Å². The molecule has 14 nitrogen and oxygen atoms in total. The number of nitrogens with one attached hydrogen (secondary N) is 2. The van der Waals surface area contributed by atoms with Gasteiger partial charge in [0.15, 0.2) is 5.82 Å². The van der Waals surface area contributed by atoms with Gasteiger partial charge in [0.05, 0.1) is 18.5 Å². The van der Waals surface area contributed by atoms with E-state index in [0.717, 1.165) is 55.5 Å². The predicted molar refractivity (Wildman–Crippen MR) is 171 cm³/mol. The minimum absolute atomic E-state index is 0.230. The Bertz CT molecular complexity index is 1890. The first kappa shape index (κ1) is 32.2. The van der Waals surface area contributed by atoms with Crippen molar-refractivity contribution in [2.45, 2.75) is 20.3 Å². The van der Waals surface area contributed by atoms with Crippen molar-refractivity contribution in [1.82, 2.24) is 29.6 Å². The smallest absolute Gasteiger partial charge is 0.300 e. The van der Waals surface area contributed by atoms with E-state index in [9.17, 15) is 4.79 Å². The molecule has 2 aromatic carbocycles. The molecule has 0 aliphatic carbocycles. The molecule has 14 heteroatoms. The minimum atomic E-state index is -0.833. The summed E-state index contributed by atoms with van der Waals surface area (Å²) in [4.78, 5) is 39.9. The molecule has 4 heterocycles. The fourth-order valence-electron chi connectivity index (χ4n) is 4.82. The number of methoxy groups -OCH3 is 1. The molecule has 1 amide bonds. The highest BCUT2D eigenvalue weighted by Gasteiger charge is 2.21. The quantitative estimate of drug-likeness (QED) is 0.193. The average molecular weight is 615 g/mol. The van der Waals surface area contributed by atoms with Crippen LogP contribution >= 0.6 is 0 Å². The molecule has 3 aromatic heterocycles. The number of carboxylic acids is 2. The Hall–Kier alpha value is -5.76. The largest absolute Gasteiger partial charge is 0.494 e. The molecule has 1 aliphatic heterocycles. The van der Waals surface area contributed by atoms with Gasteiger partial charge in [0, 0.05) is 44.4 Å². The highest BCUT2D eigenvalue weighted by molar-refractivity contribution is 6.07. The molecule has 5 aromatic rings. The van der Waals surface area contributed by atoms with Gasteiger partial charge in [-0.2, -0.15) is 5.10 Å². The van der Waals surface area contributed by atoms with Gasteiger partial charge in [0.2, 0.25) is 0 Å². The van der Waals surface area contributed by atoms with Gasteiger partial charge >= 0.3 is 0 Å². The number of hydrogen-bond acceptors (Lipinski definition) is 9. The number of nitrogens with zero attached hydrogens (tertiary/aromatic N) is 5. The molecule has 0 fully saturated rings. The third-order valence-corrected chi connectivity index (χ3v) is 6.72. The first-order chi connectivity index (χ1) is 21.5. The first-order valence-corrected chi connectivity index (χ1v) is 13.8. The van der Waals surface area contributed by atoms with Crippen LogP contribution in [0.2, 0.25) is 0 Å². The maximum atomic E-state index is 13.2. The molecule has 6 rings (SSSR count). The number of nitrogen functional groups attached to an aromatic ring is 1. The lowest BCUT2D eigenvalue weighted by Crippen LogP contribution is -2.20. The van der Waals surface area contributed by atoms with Crippen molar-refractivity contribution in [3.8, 4) is 11.4 Å². The molecule has 0 unspecified atom stereocenters. The summed E-state index contributed by atoms with van der Waals surface area (Å²) >= 11 is 0. The molecule has 0 bridgehead atoms. The number of fused-ring (bicyclic) bond motifs is 2. The average Bonchev–Trinajstić information content (AvgIpc) is 3.56. The SMILES string of the molecule is CC(=O)O.CC(=O)O.COc1cc(-n2nc(C3=CCNCC3)c3ncnc(N)c32)ccc1NC(=O)c1cc2ccccc2n1C. The summed E-state index contributed by atoms with van der Waals surface area (Å²) in [6, 6.07) is 15.2. The summed E-state index contributed by atoms with van der Waals surface area (Å²) in [5.41, 5.74) is 12.3. The maximum Gasteiger partial charge on any atom is 0.300 e. The second-order valence-electron chi connectivity index (χ2n) is 9.92. The van der Waals surface area contributed by atoms with Crippen LogP contribution in [0.5, 0.6) is 5.75 Å². The normalized spacial score (nSPS) is 12.3. The van der Waals surface area contributed by atoms with Gasteiger partial charge < -0.3 is 35.9 Å². The molecular weight excluding hydrogens is 580 g/mol. The zero-order valence-electron chi connectivity index (χ0n) is 25.2. The Morgan fingerprint density at radius 2 is 1.76 bits per heavy atom. The van der Waals surface area contributed by atoms with Crippen LogP contribution < -0.4 is 21.1 Å². The molecule has 6 N–H and O–H groups in total. The number of carbonyl (C=O) groups is 3. The van der Waals surface area contributed by atoms with E-state index in [0.29, 0.717) is 39.7 Å². The lowest BCUT2D eigenvalue weighted by atomic mass is 10.1. The molecule has 45 heavy (non-hydrogen) atoms. The van der Waals surface area contributed by atoms with Crippen molar-refractivity contribution in [3.05, 3.63) is 72.3 Å². The molecule has 0 saturated heterocycles. The zero-order valence-corrected chi connectivity index (χ0v) is 25.2. The van der Waals surface area contributed by atoms with Crippen molar-refractivity contribution >= 4 is 56.9 Å². The van der Waals surface area contributed by atoms with E-state index >= 15 is 0 Å². The topological polar surface area (TPSA) is 200 Å². The summed E-state index contributed by atoms with van der Waals surface area (Å²) in [6.07, 6.45) is 4.43. The number of aromatic nitrogens is 5. The molecule has 1 aliphatic rings. The van der Waals surface area contributed by atoms with Gasteiger partial charge in [-0.25, -0.2) is 14.6 Å². The standard InChI is InChI=1S/C27H26N8O2.2C2H4O2/c1-34-20-6-4-3-5-17(20)13-21(34)27(36)32-19-8-7-18(14-22(19)37-2)35-25-24(30-15-31-26(25)28)23(33-35)16-9-11-29-12-10-16;2*1-2(3)4/h3-9,13-15,29H,10-12H2,1-2H3,(H,32,36)(H2,28,30,31);2*1H3,(H,3,4). The molecule has 0 spiro atoms. The lowest BCUT2D eigenvalue weighted by molar-refractivity contribution is -0.135. The number of amides is 1. The third kappa shape index (κ3) is 7.43. The Kier molecular flexibility index (Phi) is 10.1. The van der Waals surface area contributed by atoms with Crippen LogP contribution in [0, 0.1) is 0 Å². The fraction of sp³-hybridized carbons (Fsp3) is 0.226. The van der Waals surface area contributed by atoms with Gasteiger partial charge in [0.1, 0.15) is 34.5 Å². The Morgan fingerprint density at radius 3 is 2.40 bits per heavy atom. The van der Waals surface area contributed by atoms with Crippen molar-refractivity contribution in [2.24, 2.45) is 7.05 Å². The number of anilines is 2. The molecule has 0 saturated carbocycles. The van der Waals surface area contributed by atoms with Crippen LogP contribution in [-0.4, -0.2) is 72.6 Å². The molecule has 0 atom stereocenters. The summed E-state index contributed by atoms with van der Waals surface area (Å²) < 4.78 is 9.27. The lowest BCUT2D eigenvalue weighted by Gasteiger charge is -2.13. The predicted octanol–water partition coefficient (Wildman–Crippen LogP) is 3.71. The van der Waals surface area contributed by atoms with E-state index in [1.165, 1.54) is 6.33 Å². The molecular formula is C31H34N8O6. The van der Waals surface area contributed by atoms with Crippen LogP contribution in [0.25, 0.3) is 33.2 Å². The number of benzene rings is 2. The second-order valence-corrected chi connectivity index (χ2v) is 9.92. The number of aliphatic carboxylic acids is 2. The van der Waals surface area contributed by atoms with Crippen LogP contribution in [0.1, 0.15) is 36.5 Å². The Balaban J connectivity index is 0.000000518. The molecule has 0 radical (unpaired) electrons. The van der Waals surface area contributed by atoms with Crippen LogP contribution in [-0.2, 0) is 16.6 Å². The number of aryl methyl sites for hydroxylation is 1. The number of hydrogen-bond donors (Lipinski definition) is 5. The number of carboxylic acid groups (broad SMARTS) is 2. The fourth-order valence-corrected chi connectivity index (χ4v) is 4.82. The van der Waals surface area contributed by atoms with Gasteiger partial charge in [-0.1, -0.05) is 24.3 Å². The molecule has 234 valence electrons. The summed E-state index contributed by atoms with van der Waals surface area (Å²) in [7, 11) is 3.44. The van der Waals surface area contributed by atoms with Crippen molar-refractivity contribution in [2.75, 3.05) is 31.2 Å². The van der Waals surface area contributed by atoms with Crippen LogP contribution in [0.15, 0.2) is 60.9 Å². The highest BCUT2D eigenvalue weighted by atomic mass is 16.5. The van der Waals surface area contributed by atoms with E-state index in [4.69, 9.17) is 35.4 Å². The zero-order chi connectivity index (χ0) is 32.7. The monoisotopic (exact) mass is 614 g/mol. The summed E-state index contributed by atoms with van der Waals surface area (Å²) in [5.74, 6) is -1.07.